The van der Waals surface area contributed by atoms with Crippen LogP contribution in [0.15, 0.2) is 46.9 Å². The molecule has 0 spiro atoms. The molecule has 7 nitrogen and oxygen atoms in total. The predicted octanol–water partition coefficient (Wildman–Crippen LogP) is 3.69. The number of nitrogens with zero attached hydrogens (tertiary/aromatic N) is 2. The van der Waals surface area contributed by atoms with Crippen molar-refractivity contribution in [3.05, 3.63) is 64.1 Å². The number of halogens is 3. The molecule has 0 unspecified atom stereocenters. The van der Waals surface area contributed by atoms with Crippen molar-refractivity contribution in [1.82, 2.24) is 15.3 Å². The number of hydrogen-bond donors (Lipinski definition) is 2. The number of furan rings is 1. The van der Waals surface area contributed by atoms with Gasteiger partial charge in [-0.15, -0.1) is 0 Å². The molecular formula is C22H24Cl2FN3O4S. The first-order chi connectivity index (χ1) is 15.4. The number of fused-ring (bicyclic) bond motifs is 1. The second kappa shape index (κ2) is 11.4. The minimum absolute atomic E-state index is 0. The van der Waals surface area contributed by atoms with Crippen molar-refractivity contribution >= 4 is 53.6 Å². The Balaban J connectivity index is 0.00000306. The minimum atomic E-state index is -0.739. The van der Waals surface area contributed by atoms with E-state index in [-0.39, 0.29) is 36.8 Å². The first-order valence-electron chi connectivity index (χ1n) is 10.1. The normalized spacial score (nSPS) is 15.8. The number of benzene rings is 2. The van der Waals surface area contributed by atoms with Gasteiger partial charge < -0.3 is 14.3 Å². The van der Waals surface area contributed by atoms with Crippen molar-refractivity contribution in [3.8, 4) is 5.75 Å². The summed E-state index contributed by atoms with van der Waals surface area (Å²) in [7, 11) is 0. The van der Waals surface area contributed by atoms with Gasteiger partial charge in [0.25, 0.3) is 0 Å². The van der Waals surface area contributed by atoms with Crippen molar-refractivity contribution in [1.29, 1.82) is 0 Å². The van der Waals surface area contributed by atoms with Crippen LogP contribution >= 0.6 is 36.7 Å². The Hall–Kier alpha value is -2.01. The van der Waals surface area contributed by atoms with Crippen LogP contribution in [-0.4, -0.2) is 66.4 Å². The van der Waals surface area contributed by atoms with Gasteiger partial charge >= 0.3 is 5.91 Å². The van der Waals surface area contributed by atoms with E-state index in [0.717, 1.165) is 5.39 Å². The zero-order valence-electron chi connectivity index (χ0n) is 17.6. The third-order valence-corrected chi connectivity index (χ3v) is 5.68. The quantitative estimate of drug-likeness (QED) is 0.499. The van der Waals surface area contributed by atoms with E-state index in [4.69, 9.17) is 32.4 Å². The maximum absolute atomic E-state index is 13.5. The molecule has 0 aliphatic carbocycles. The number of aliphatic hydroxyl groups excluding tert-OH is 1. The second-order valence-corrected chi connectivity index (χ2v) is 8.41. The highest BCUT2D eigenvalue weighted by Crippen LogP contribution is 2.23. The van der Waals surface area contributed by atoms with Gasteiger partial charge in [0.1, 0.15) is 29.9 Å². The topological polar surface area (TPSA) is 78.2 Å². The Bertz CT molecular complexity index is 1110. The molecule has 33 heavy (non-hydrogen) atoms. The maximum Gasteiger partial charge on any atom is 0.301 e. The lowest BCUT2D eigenvalue weighted by Crippen LogP contribution is -2.54. The van der Waals surface area contributed by atoms with Gasteiger partial charge in [-0.2, -0.15) is 13.5 Å². The van der Waals surface area contributed by atoms with E-state index in [1.807, 2.05) is 5.01 Å². The Morgan fingerprint density at radius 2 is 1.91 bits per heavy atom. The fourth-order valence-corrected chi connectivity index (χ4v) is 3.77. The lowest BCUT2D eigenvalue weighted by molar-refractivity contribution is 0.0310. The number of nitrogens with one attached hydrogen (secondary N) is 1. The Kier molecular flexibility index (Phi) is 8.86. The van der Waals surface area contributed by atoms with Gasteiger partial charge in [0.05, 0.1) is 5.02 Å². The molecule has 178 valence electrons. The summed E-state index contributed by atoms with van der Waals surface area (Å²) in [6.45, 7) is 2.93. The second-order valence-electron chi connectivity index (χ2n) is 7.56. The molecule has 1 saturated heterocycles. The minimum Gasteiger partial charge on any atom is -0.491 e. The van der Waals surface area contributed by atoms with Crippen molar-refractivity contribution in [2.75, 3.05) is 39.3 Å². The van der Waals surface area contributed by atoms with E-state index in [9.17, 15) is 14.3 Å². The van der Waals surface area contributed by atoms with Gasteiger partial charge in [0.15, 0.2) is 5.76 Å². The molecule has 4 rings (SSSR count). The number of amides is 1. The van der Waals surface area contributed by atoms with Crippen molar-refractivity contribution in [2.45, 2.75) is 6.10 Å². The van der Waals surface area contributed by atoms with E-state index in [1.54, 1.807) is 30.3 Å². The number of β-amino-alcohol motifs (C(OH)–C–C–N with tert-alkyl or cyclic N) is 1. The molecule has 2 N–H and O–H groups in total. The molecule has 11 heteroatoms. The molecule has 2 heterocycles. The van der Waals surface area contributed by atoms with Gasteiger partial charge in [0, 0.05) is 49.2 Å². The third kappa shape index (κ3) is 6.75. The largest absolute Gasteiger partial charge is 0.491 e. The van der Waals surface area contributed by atoms with Gasteiger partial charge in [-0.05, 0) is 36.4 Å². The van der Waals surface area contributed by atoms with Crippen molar-refractivity contribution in [3.63, 3.8) is 0 Å². The fraction of sp³-hybridized carbons (Fsp3) is 0.318. The molecular weight excluding hydrogens is 492 g/mol. The van der Waals surface area contributed by atoms with E-state index in [1.165, 1.54) is 12.1 Å². The van der Waals surface area contributed by atoms with Gasteiger partial charge in [-0.25, -0.2) is 9.40 Å². The van der Waals surface area contributed by atoms with Crippen LogP contribution in [0.1, 0.15) is 10.6 Å². The molecule has 0 saturated carbocycles. The van der Waals surface area contributed by atoms with Crippen molar-refractivity contribution in [2.24, 2.45) is 0 Å². The lowest BCUT2D eigenvalue weighted by Gasteiger charge is -2.35. The lowest BCUT2D eigenvalue weighted by atomic mass is 10.2. The van der Waals surface area contributed by atoms with Crippen LogP contribution in [0.2, 0.25) is 10.0 Å². The number of aliphatic hydroxyl groups is 1. The Morgan fingerprint density at radius 1 is 1.15 bits per heavy atom. The van der Waals surface area contributed by atoms with E-state index >= 15 is 0 Å². The first-order valence-corrected chi connectivity index (χ1v) is 10.9. The summed E-state index contributed by atoms with van der Waals surface area (Å²) in [4.78, 5) is 14.6. The summed E-state index contributed by atoms with van der Waals surface area (Å²) >= 11 is 11.6. The van der Waals surface area contributed by atoms with Gasteiger partial charge in [-0.3, -0.25) is 15.1 Å². The summed E-state index contributed by atoms with van der Waals surface area (Å²) in [5.41, 5.74) is 3.45. The molecule has 0 bridgehead atoms. The SMILES string of the molecule is O=C(NN1CCN(C[C@H](O)COc2ccc(Cl)c(F)c2)CC1)c1cc2cc(Cl)ccc2o1.S. The average Bonchev–Trinajstić information content (AvgIpc) is 3.19. The van der Waals surface area contributed by atoms with E-state index in [2.05, 4.69) is 10.3 Å². The van der Waals surface area contributed by atoms with Crippen molar-refractivity contribution < 1.29 is 23.4 Å². The third-order valence-electron chi connectivity index (χ3n) is 5.14. The highest BCUT2D eigenvalue weighted by atomic mass is 35.5. The molecule has 0 radical (unpaired) electrons. The number of rotatable bonds is 7. The zero-order chi connectivity index (χ0) is 22.7. The van der Waals surface area contributed by atoms with Crippen LogP contribution in [0.5, 0.6) is 5.75 Å². The van der Waals surface area contributed by atoms with Gasteiger partial charge in [0.2, 0.25) is 0 Å². The van der Waals surface area contributed by atoms with Crippen LogP contribution in [0.3, 0.4) is 0 Å². The molecule has 1 amide bonds. The number of hydrogen-bond acceptors (Lipinski definition) is 6. The van der Waals surface area contributed by atoms with Crippen LogP contribution < -0.4 is 10.2 Å². The highest BCUT2D eigenvalue weighted by Gasteiger charge is 2.22. The Labute approximate surface area is 207 Å². The number of hydrazine groups is 1. The summed E-state index contributed by atoms with van der Waals surface area (Å²) in [5.74, 6) is -0.361. The van der Waals surface area contributed by atoms with Crippen LogP contribution in [0.25, 0.3) is 11.0 Å². The number of carbonyl (C=O) groups excluding carboxylic acids is 1. The van der Waals surface area contributed by atoms with Crippen LogP contribution in [-0.2, 0) is 0 Å². The molecule has 1 fully saturated rings. The summed E-state index contributed by atoms with van der Waals surface area (Å²) in [6, 6.07) is 11.0. The molecule has 1 aromatic heterocycles. The Morgan fingerprint density at radius 3 is 2.64 bits per heavy atom. The van der Waals surface area contributed by atoms with E-state index in [0.29, 0.717) is 49.1 Å². The number of ether oxygens (including phenoxy) is 1. The molecule has 3 aromatic rings. The maximum atomic E-state index is 13.5. The number of piperazine rings is 1. The first kappa shape index (κ1) is 25.6. The standard InChI is InChI=1S/C22H22Cl2FN3O4.H2S/c23-15-1-4-20-14(9-15)10-21(32-20)22(30)26-28-7-5-27(6-8-28)12-16(29)13-31-17-2-3-18(24)19(25)11-17;/h1-4,9-11,16,29H,5-8,12-13H2,(H,26,30);1H2/t16-;/m0./s1. The van der Waals surface area contributed by atoms with E-state index < -0.39 is 11.9 Å². The monoisotopic (exact) mass is 515 g/mol. The summed E-state index contributed by atoms with van der Waals surface area (Å²) < 4.78 is 24.5. The highest BCUT2D eigenvalue weighted by molar-refractivity contribution is 7.59. The molecule has 1 atom stereocenters. The predicted molar refractivity (Wildman–Crippen MR) is 130 cm³/mol. The summed E-state index contributed by atoms with van der Waals surface area (Å²) in [6.07, 6.45) is -0.739. The average molecular weight is 516 g/mol. The van der Waals surface area contributed by atoms with Crippen LogP contribution in [0.4, 0.5) is 4.39 Å². The van der Waals surface area contributed by atoms with Crippen LogP contribution in [0, 0.1) is 5.82 Å². The number of carbonyl (C=O) groups is 1. The molecule has 1 aliphatic rings. The molecule has 2 aromatic carbocycles. The fourth-order valence-electron chi connectivity index (χ4n) is 3.48. The molecule has 1 aliphatic heterocycles. The zero-order valence-corrected chi connectivity index (χ0v) is 20.1. The van der Waals surface area contributed by atoms with Gasteiger partial charge in [-0.1, -0.05) is 23.2 Å². The smallest absolute Gasteiger partial charge is 0.301 e. The summed E-state index contributed by atoms with van der Waals surface area (Å²) in [5, 5.41) is 13.4.